The fourth-order valence-electron chi connectivity index (χ4n) is 12.6. The van der Waals surface area contributed by atoms with Crippen LogP contribution in [0.5, 0.6) is 0 Å². The maximum atomic E-state index is 13.9. The number of ether oxygens (including phenoxy) is 1. The quantitative estimate of drug-likeness (QED) is 0.310. The lowest BCUT2D eigenvalue weighted by Crippen LogP contribution is -2.67. The molecule has 0 aromatic rings. The summed E-state index contributed by atoms with van der Waals surface area (Å²) in [6.07, 6.45) is 10.2. The number of rotatable bonds is 6. The number of nitrogens with one attached hydrogen (secondary N) is 2. The molecule has 0 heterocycles. The van der Waals surface area contributed by atoms with Gasteiger partial charge in [-0.3, -0.25) is 9.59 Å². The Morgan fingerprint density at radius 1 is 0.833 bits per heavy atom. The van der Waals surface area contributed by atoms with E-state index >= 15 is 0 Å². The molecule has 238 valence electrons. The summed E-state index contributed by atoms with van der Waals surface area (Å²) in [7, 11) is 0. The van der Waals surface area contributed by atoms with Crippen molar-refractivity contribution in [2.45, 2.75) is 126 Å². The van der Waals surface area contributed by atoms with Crippen molar-refractivity contribution >= 4 is 18.0 Å². The molecule has 5 aliphatic rings. The summed E-state index contributed by atoms with van der Waals surface area (Å²) in [5, 5.41) is 15.0. The summed E-state index contributed by atoms with van der Waals surface area (Å²) in [6.45, 7) is 19.3. The molecule has 0 saturated heterocycles. The van der Waals surface area contributed by atoms with E-state index in [1.807, 2.05) is 6.92 Å². The van der Waals surface area contributed by atoms with Crippen molar-refractivity contribution in [3.63, 3.8) is 0 Å². The minimum absolute atomic E-state index is 0.00442. The summed E-state index contributed by atoms with van der Waals surface area (Å²) >= 11 is 0. The summed E-state index contributed by atoms with van der Waals surface area (Å²) in [5.74, 6) is 1.91. The molecule has 0 spiro atoms. The molecule has 3 N–H and O–H groups in total. The van der Waals surface area contributed by atoms with Gasteiger partial charge in [-0.25, -0.2) is 4.79 Å². The molecule has 5 aliphatic carbocycles. The van der Waals surface area contributed by atoms with Gasteiger partial charge < -0.3 is 20.5 Å². The Kier molecular flexibility index (Phi) is 8.04. The van der Waals surface area contributed by atoms with Crippen LogP contribution in [-0.2, 0) is 14.3 Å². The summed E-state index contributed by atoms with van der Waals surface area (Å²) in [5.41, 5.74) is -0.0177. The number of carbonyl (C=O) groups excluding carboxylic acids is 2. The molecule has 0 radical (unpaired) electrons. The molecule has 5 saturated carbocycles. The molecule has 42 heavy (non-hydrogen) atoms. The lowest BCUT2D eigenvalue weighted by atomic mass is 9.32. The Labute approximate surface area is 254 Å². The second-order valence-corrected chi connectivity index (χ2v) is 16.7. The number of carboxylic acid groups (broad SMARTS) is 1. The molecular formula is C35H58N2O5. The van der Waals surface area contributed by atoms with Gasteiger partial charge in [0, 0.05) is 12.0 Å². The third-order valence-electron chi connectivity index (χ3n) is 14.7. The highest BCUT2D eigenvalue weighted by Gasteiger charge is 2.72. The normalized spacial score (nSPS) is 45.5. The summed E-state index contributed by atoms with van der Waals surface area (Å²) < 4.78 is 6.03. The first-order chi connectivity index (χ1) is 19.6. The van der Waals surface area contributed by atoms with Crippen LogP contribution in [0.1, 0.15) is 120 Å². The molecule has 10 atom stereocenters. The number of aliphatic carboxylic acids is 1. The van der Waals surface area contributed by atoms with Gasteiger partial charge in [0.25, 0.3) is 0 Å². The Morgan fingerprint density at radius 2 is 1.55 bits per heavy atom. The zero-order chi connectivity index (χ0) is 30.9. The predicted octanol–water partition coefficient (Wildman–Crippen LogP) is 7.04. The number of amides is 2. The highest BCUT2D eigenvalue weighted by atomic mass is 16.6. The molecule has 7 heteroatoms. The standard InChI is InChI=1S/C35H58N2O5/c1-9-36-30(41)42-26-14-15-32(6)24(31(26,4)5)13-16-34(8)25(32)11-10-23-28-22(21(2)3)12-17-35(28,19-18-33(23,34)7)29(40)37-20-27(38)39/h21-26,28H,9-20H2,1-8H3,(H,36,41)(H,37,40)(H,38,39)/t22-,23?,24?,25?,26+,28?,32-,33+,34+,35-/m0/s1. The smallest absolute Gasteiger partial charge is 0.407 e. The van der Waals surface area contributed by atoms with Gasteiger partial charge >= 0.3 is 12.1 Å². The highest BCUT2D eigenvalue weighted by molar-refractivity contribution is 5.86. The van der Waals surface area contributed by atoms with Gasteiger partial charge in [-0.05, 0) is 123 Å². The maximum absolute atomic E-state index is 13.9. The predicted molar refractivity (Wildman–Crippen MR) is 164 cm³/mol. The van der Waals surface area contributed by atoms with Crippen LogP contribution in [0.15, 0.2) is 0 Å². The van der Waals surface area contributed by atoms with Crippen LogP contribution in [0.2, 0.25) is 0 Å². The number of hydrogen-bond acceptors (Lipinski definition) is 4. The topological polar surface area (TPSA) is 105 Å². The molecule has 5 fully saturated rings. The Balaban J connectivity index is 1.46. The fraction of sp³-hybridized carbons (Fsp3) is 0.914. The molecular weight excluding hydrogens is 528 g/mol. The van der Waals surface area contributed by atoms with Crippen molar-refractivity contribution in [3.05, 3.63) is 0 Å². The summed E-state index contributed by atoms with van der Waals surface area (Å²) in [4.78, 5) is 37.7. The van der Waals surface area contributed by atoms with Gasteiger partial charge in [-0.15, -0.1) is 0 Å². The fourth-order valence-corrected chi connectivity index (χ4v) is 12.6. The van der Waals surface area contributed by atoms with Crippen LogP contribution in [-0.4, -0.2) is 42.3 Å². The molecule has 7 nitrogen and oxygen atoms in total. The van der Waals surface area contributed by atoms with Gasteiger partial charge in [0.1, 0.15) is 12.6 Å². The SMILES string of the molecule is CCNC(=O)O[C@@H]1CC[C@@]2(C)C(CC[C@]3(C)C2CCC2C4[C@H](C(C)C)CC[C@]4(C(=O)NCC(=O)O)CC[C@]23C)C1(C)C. The molecule has 0 aliphatic heterocycles. The first kappa shape index (κ1) is 31.6. The Morgan fingerprint density at radius 3 is 2.19 bits per heavy atom. The van der Waals surface area contributed by atoms with E-state index in [1.165, 1.54) is 12.8 Å². The third kappa shape index (κ3) is 4.44. The van der Waals surface area contributed by atoms with E-state index in [-0.39, 0.29) is 46.3 Å². The first-order valence-corrected chi connectivity index (χ1v) is 17.0. The van der Waals surface area contributed by atoms with Crippen molar-refractivity contribution in [2.75, 3.05) is 13.1 Å². The van der Waals surface area contributed by atoms with Crippen molar-refractivity contribution in [3.8, 4) is 0 Å². The van der Waals surface area contributed by atoms with Gasteiger partial charge in [-0.2, -0.15) is 0 Å². The average molecular weight is 587 g/mol. The zero-order valence-corrected chi connectivity index (χ0v) is 27.6. The second kappa shape index (κ2) is 10.7. The molecule has 0 bridgehead atoms. The van der Waals surface area contributed by atoms with Crippen molar-refractivity contribution < 1.29 is 24.2 Å². The molecule has 0 aromatic carbocycles. The molecule has 5 rings (SSSR count). The Hall–Kier alpha value is -1.79. The minimum Gasteiger partial charge on any atom is -0.480 e. The van der Waals surface area contributed by atoms with Crippen molar-refractivity contribution in [1.29, 1.82) is 0 Å². The Bertz CT molecular complexity index is 1090. The number of hydrogen-bond donors (Lipinski definition) is 3. The number of carbonyl (C=O) groups is 3. The lowest BCUT2D eigenvalue weighted by Gasteiger charge is -2.73. The summed E-state index contributed by atoms with van der Waals surface area (Å²) in [6, 6.07) is 0. The number of fused-ring (bicyclic) bond motifs is 7. The van der Waals surface area contributed by atoms with E-state index in [1.54, 1.807) is 0 Å². The van der Waals surface area contributed by atoms with Gasteiger partial charge in [-0.1, -0.05) is 48.5 Å². The molecule has 2 amide bonds. The van der Waals surface area contributed by atoms with Crippen molar-refractivity contribution in [1.82, 2.24) is 10.6 Å². The van der Waals surface area contributed by atoms with Gasteiger partial charge in [0.05, 0.1) is 5.41 Å². The van der Waals surface area contributed by atoms with Crippen LogP contribution in [0.4, 0.5) is 4.79 Å². The first-order valence-electron chi connectivity index (χ1n) is 17.0. The van der Waals surface area contributed by atoms with E-state index in [0.717, 1.165) is 51.4 Å². The van der Waals surface area contributed by atoms with E-state index in [9.17, 15) is 19.5 Å². The van der Waals surface area contributed by atoms with Gasteiger partial charge in [0.2, 0.25) is 5.91 Å². The largest absolute Gasteiger partial charge is 0.480 e. The van der Waals surface area contributed by atoms with Crippen LogP contribution in [0.3, 0.4) is 0 Å². The molecule has 4 unspecified atom stereocenters. The van der Waals surface area contributed by atoms with E-state index in [0.29, 0.717) is 42.1 Å². The van der Waals surface area contributed by atoms with E-state index < -0.39 is 11.4 Å². The van der Waals surface area contributed by atoms with Crippen LogP contribution in [0, 0.1) is 62.6 Å². The minimum atomic E-state index is -0.970. The zero-order valence-electron chi connectivity index (χ0n) is 27.6. The van der Waals surface area contributed by atoms with E-state index in [4.69, 9.17) is 4.74 Å². The van der Waals surface area contributed by atoms with Crippen LogP contribution >= 0.6 is 0 Å². The number of carboxylic acids is 1. The average Bonchev–Trinajstić information content (AvgIpc) is 3.31. The third-order valence-corrected chi connectivity index (χ3v) is 14.7. The lowest BCUT2D eigenvalue weighted by molar-refractivity contribution is -0.247. The second-order valence-electron chi connectivity index (χ2n) is 16.7. The van der Waals surface area contributed by atoms with Gasteiger partial charge in [0.15, 0.2) is 0 Å². The van der Waals surface area contributed by atoms with Crippen LogP contribution < -0.4 is 10.6 Å². The van der Waals surface area contributed by atoms with Crippen molar-refractivity contribution in [2.24, 2.45) is 62.6 Å². The highest BCUT2D eigenvalue weighted by Crippen LogP contribution is 2.77. The van der Waals surface area contributed by atoms with Crippen LogP contribution in [0.25, 0.3) is 0 Å². The van der Waals surface area contributed by atoms with E-state index in [2.05, 4.69) is 59.1 Å². The number of alkyl carbamates (subject to hydrolysis) is 1. The maximum Gasteiger partial charge on any atom is 0.407 e. The monoisotopic (exact) mass is 586 g/mol. The molecule has 0 aromatic heterocycles.